The maximum atomic E-state index is 12.7. The Morgan fingerprint density at radius 3 is 2.36 bits per heavy atom. The Labute approximate surface area is 79.6 Å². The van der Waals surface area contributed by atoms with Gasteiger partial charge in [-0.25, -0.2) is 0 Å². The van der Waals surface area contributed by atoms with Crippen LogP contribution in [0.25, 0.3) is 0 Å². The zero-order chi connectivity index (χ0) is 11.0. The summed E-state index contributed by atoms with van der Waals surface area (Å²) in [6.07, 6.45) is -4.32. The first kappa shape index (κ1) is 11.5. The first-order valence-electron chi connectivity index (χ1n) is 4.19. The molecule has 0 bridgehead atoms. The lowest BCUT2D eigenvalue weighted by Gasteiger charge is -2.47. The number of hydrogen-bond donors (Lipinski definition) is 1. The van der Waals surface area contributed by atoms with Crippen LogP contribution in [0, 0.1) is 0 Å². The molecule has 14 heavy (non-hydrogen) atoms. The van der Waals surface area contributed by atoms with E-state index < -0.39 is 17.3 Å². The zero-order valence-corrected chi connectivity index (χ0v) is 7.94. The van der Waals surface area contributed by atoms with E-state index in [9.17, 15) is 18.0 Å². The summed E-state index contributed by atoms with van der Waals surface area (Å²) in [7, 11) is 0. The molecule has 6 heteroatoms. The van der Waals surface area contributed by atoms with Crippen LogP contribution < -0.4 is 5.32 Å². The molecule has 1 N–H and O–H groups in total. The summed E-state index contributed by atoms with van der Waals surface area (Å²) >= 11 is 0. The van der Waals surface area contributed by atoms with Gasteiger partial charge in [0.25, 0.3) is 0 Å². The third kappa shape index (κ3) is 1.42. The predicted octanol–water partition coefficient (Wildman–Crippen LogP) is 0.885. The summed E-state index contributed by atoms with van der Waals surface area (Å²) in [6.45, 7) is 2.25. The second-order valence-corrected chi connectivity index (χ2v) is 3.63. The van der Waals surface area contributed by atoms with Crippen molar-refractivity contribution in [3.63, 3.8) is 0 Å². The van der Waals surface area contributed by atoms with E-state index in [4.69, 9.17) is 4.74 Å². The van der Waals surface area contributed by atoms with Crippen molar-refractivity contribution in [1.29, 1.82) is 0 Å². The molecule has 0 aromatic rings. The number of carbonyl (C=O) groups excluding carboxylic acids is 1. The Balaban J connectivity index is 3.09. The average Bonchev–Trinajstić information content (AvgIpc) is 2.08. The van der Waals surface area contributed by atoms with Gasteiger partial charge in [-0.1, -0.05) is 0 Å². The average molecular weight is 211 g/mol. The van der Waals surface area contributed by atoms with Gasteiger partial charge in [-0.2, -0.15) is 13.2 Å². The third-order valence-electron chi connectivity index (χ3n) is 2.75. The minimum atomic E-state index is -4.57. The second kappa shape index (κ2) is 3.20. The third-order valence-corrected chi connectivity index (χ3v) is 2.75. The molecule has 0 spiro atoms. The Bertz CT molecular complexity index is 243. The van der Waals surface area contributed by atoms with Crippen LogP contribution in [0.15, 0.2) is 0 Å². The highest BCUT2D eigenvalue weighted by molar-refractivity contribution is 5.67. The monoisotopic (exact) mass is 211 g/mol. The van der Waals surface area contributed by atoms with E-state index in [1.165, 1.54) is 6.92 Å². The predicted molar refractivity (Wildman–Crippen MR) is 42.9 cm³/mol. The number of halogens is 3. The van der Waals surface area contributed by atoms with Gasteiger partial charge in [0, 0.05) is 6.54 Å². The van der Waals surface area contributed by atoms with Gasteiger partial charge in [0.2, 0.25) is 0 Å². The fourth-order valence-corrected chi connectivity index (χ4v) is 1.41. The van der Waals surface area contributed by atoms with Crippen molar-refractivity contribution in [2.45, 2.75) is 31.2 Å². The van der Waals surface area contributed by atoms with Crippen molar-refractivity contribution >= 4 is 6.29 Å². The molecule has 0 aliphatic carbocycles. The molecule has 1 rings (SSSR count). The van der Waals surface area contributed by atoms with Gasteiger partial charge in [0.1, 0.15) is 11.8 Å². The summed E-state index contributed by atoms with van der Waals surface area (Å²) in [5.41, 5.74) is -4.18. The van der Waals surface area contributed by atoms with E-state index in [1.54, 1.807) is 0 Å². The topological polar surface area (TPSA) is 38.3 Å². The normalized spacial score (nSPS) is 39.5. The van der Waals surface area contributed by atoms with E-state index in [-0.39, 0.29) is 19.4 Å². The highest BCUT2D eigenvalue weighted by Crippen LogP contribution is 2.41. The molecule has 0 aromatic heterocycles. The number of hydrogen-bond acceptors (Lipinski definition) is 3. The Kier molecular flexibility index (Phi) is 2.62. The number of ether oxygens (including phenoxy) is 1. The quantitative estimate of drug-likeness (QED) is 0.654. The van der Waals surface area contributed by atoms with Gasteiger partial charge in [-0.3, -0.25) is 0 Å². The Morgan fingerprint density at radius 2 is 2.00 bits per heavy atom. The molecule has 0 saturated carbocycles. The molecule has 1 fully saturated rings. The minimum Gasteiger partial charge on any atom is -0.362 e. The Hall–Kier alpha value is -0.620. The van der Waals surface area contributed by atoms with E-state index in [0.29, 0.717) is 0 Å². The van der Waals surface area contributed by atoms with Gasteiger partial charge in [0.15, 0.2) is 5.60 Å². The molecule has 0 aromatic carbocycles. The summed E-state index contributed by atoms with van der Waals surface area (Å²) < 4.78 is 42.8. The largest absolute Gasteiger partial charge is 0.419 e. The van der Waals surface area contributed by atoms with Crippen molar-refractivity contribution in [3.8, 4) is 0 Å². The van der Waals surface area contributed by atoms with Crippen molar-refractivity contribution in [3.05, 3.63) is 0 Å². The summed E-state index contributed by atoms with van der Waals surface area (Å²) in [6, 6.07) is 0. The van der Waals surface area contributed by atoms with E-state index in [0.717, 1.165) is 6.92 Å². The van der Waals surface area contributed by atoms with Gasteiger partial charge < -0.3 is 14.8 Å². The van der Waals surface area contributed by atoms with Gasteiger partial charge in [-0.05, 0) is 13.8 Å². The van der Waals surface area contributed by atoms with Crippen LogP contribution in [0.5, 0.6) is 0 Å². The van der Waals surface area contributed by atoms with Crippen molar-refractivity contribution in [2.24, 2.45) is 0 Å². The molecule has 1 aliphatic rings. The highest BCUT2D eigenvalue weighted by atomic mass is 19.4. The number of aldehydes is 1. The standard InChI is InChI=1S/C8H12F3NO2/c1-6(5-13)7(2,8(9,10)11)14-4-3-12-6/h5,12H,3-4H2,1-2H3. The highest BCUT2D eigenvalue weighted by Gasteiger charge is 2.64. The molecule has 82 valence electrons. The van der Waals surface area contributed by atoms with Gasteiger partial charge in [0.05, 0.1) is 6.61 Å². The lowest BCUT2D eigenvalue weighted by molar-refractivity contribution is -0.300. The molecular formula is C8H12F3NO2. The van der Waals surface area contributed by atoms with Crippen molar-refractivity contribution < 1.29 is 22.7 Å². The molecule has 0 radical (unpaired) electrons. The fraction of sp³-hybridized carbons (Fsp3) is 0.875. The van der Waals surface area contributed by atoms with Gasteiger partial charge >= 0.3 is 6.18 Å². The van der Waals surface area contributed by atoms with Crippen LogP contribution in [0.2, 0.25) is 0 Å². The molecule has 2 atom stereocenters. The summed E-state index contributed by atoms with van der Waals surface area (Å²) in [5.74, 6) is 0. The lowest BCUT2D eigenvalue weighted by Crippen LogP contribution is -2.72. The maximum absolute atomic E-state index is 12.7. The molecule has 1 aliphatic heterocycles. The number of rotatable bonds is 1. The SMILES string of the molecule is CC1(C=O)NCCOC1(C)C(F)(F)F. The van der Waals surface area contributed by atoms with Crippen LogP contribution in [-0.2, 0) is 9.53 Å². The zero-order valence-electron chi connectivity index (χ0n) is 7.94. The van der Waals surface area contributed by atoms with Crippen molar-refractivity contribution in [2.75, 3.05) is 13.2 Å². The molecule has 0 amide bonds. The first-order valence-corrected chi connectivity index (χ1v) is 4.19. The van der Waals surface area contributed by atoms with Crippen LogP contribution in [0.4, 0.5) is 13.2 Å². The van der Waals surface area contributed by atoms with Crippen molar-refractivity contribution in [1.82, 2.24) is 5.32 Å². The molecule has 3 nitrogen and oxygen atoms in total. The van der Waals surface area contributed by atoms with Crippen LogP contribution in [-0.4, -0.2) is 36.8 Å². The van der Waals surface area contributed by atoms with Crippen LogP contribution in [0.3, 0.4) is 0 Å². The molecule has 1 saturated heterocycles. The summed E-state index contributed by atoms with van der Waals surface area (Å²) in [4.78, 5) is 10.7. The number of alkyl halides is 3. The number of nitrogens with one attached hydrogen (secondary N) is 1. The van der Waals surface area contributed by atoms with Gasteiger partial charge in [-0.15, -0.1) is 0 Å². The number of morpholine rings is 1. The fourth-order valence-electron chi connectivity index (χ4n) is 1.41. The maximum Gasteiger partial charge on any atom is 0.419 e. The van der Waals surface area contributed by atoms with Crippen LogP contribution in [0.1, 0.15) is 13.8 Å². The lowest BCUT2D eigenvalue weighted by atomic mass is 9.81. The molecule has 1 heterocycles. The van der Waals surface area contributed by atoms with E-state index >= 15 is 0 Å². The van der Waals surface area contributed by atoms with E-state index in [1.807, 2.05) is 0 Å². The molecule has 2 unspecified atom stereocenters. The minimum absolute atomic E-state index is 0.0561. The second-order valence-electron chi connectivity index (χ2n) is 3.63. The van der Waals surface area contributed by atoms with Crippen LogP contribution >= 0.6 is 0 Å². The molecular weight excluding hydrogens is 199 g/mol. The first-order chi connectivity index (χ1) is 6.27. The Morgan fingerprint density at radius 1 is 1.43 bits per heavy atom. The smallest absolute Gasteiger partial charge is 0.362 e. The number of carbonyl (C=O) groups is 1. The van der Waals surface area contributed by atoms with E-state index in [2.05, 4.69) is 5.32 Å². The summed E-state index contributed by atoms with van der Waals surface area (Å²) in [5, 5.41) is 2.53.